The number of aliphatic imine (C=N–C) groups is 1. The minimum atomic E-state index is 0.185. The summed E-state index contributed by atoms with van der Waals surface area (Å²) in [5, 5.41) is 11.6. The summed E-state index contributed by atoms with van der Waals surface area (Å²) in [6.07, 6.45) is 0.748. The van der Waals surface area contributed by atoms with Crippen LogP contribution in [0.2, 0.25) is 0 Å². The Hall–Kier alpha value is -3.22. The van der Waals surface area contributed by atoms with Crippen LogP contribution < -0.4 is 9.47 Å². The topological polar surface area (TPSA) is 66.8 Å². The molecule has 1 aliphatic rings. The minimum Gasteiger partial charge on any atom is -0.487 e. The number of aliphatic hydroxyl groups is 1. The van der Waals surface area contributed by atoms with E-state index in [9.17, 15) is 5.11 Å². The number of benzene rings is 3. The molecule has 0 saturated carbocycles. The number of thioether (sulfide) groups is 1. The predicted molar refractivity (Wildman–Crippen MR) is 135 cm³/mol. The number of aromatic amines is 1. The molecule has 1 atom stereocenters. The van der Waals surface area contributed by atoms with Gasteiger partial charge in [-0.3, -0.25) is 4.99 Å². The molecule has 0 fully saturated rings. The molecular weight excluding hydrogens is 432 g/mol. The number of aryl methyl sites for hydroxylation is 1. The first kappa shape index (κ1) is 21.6. The largest absolute Gasteiger partial charge is 0.487 e. The van der Waals surface area contributed by atoms with Crippen LogP contribution in [0.5, 0.6) is 17.2 Å². The highest BCUT2D eigenvalue weighted by atomic mass is 32.2. The molecule has 0 bridgehead atoms. The standard InChI is InChI=1S/C27H26N2O3S/c1-18-7-9-21(10-8-18)32-22-13-20-14-24(27-28-16-23(33-27)11-12-30)29-26(20)25(15-22)31-17-19-5-3-2-4-6-19/h2-10,13-15,23,29-30H,11-12,16-17H2,1H3. The second kappa shape index (κ2) is 9.73. The lowest BCUT2D eigenvalue weighted by molar-refractivity contribution is 0.288. The maximum Gasteiger partial charge on any atom is 0.147 e. The van der Waals surface area contributed by atoms with Gasteiger partial charge in [0.2, 0.25) is 0 Å². The molecule has 1 aromatic heterocycles. The summed E-state index contributed by atoms with van der Waals surface area (Å²) in [6, 6.07) is 24.2. The van der Waals surface area contributed by atoms with E-state index < -0.39 is 0 Å². The second-order valence-corrected chi connectivity index (χ2v) is 9.45. The number of aliphatic hydroxyl groups excluding tert-OH is 1. The van der Waals surface area contributed by atoms with E-state index in [1.807, 2.05) is 54.6 Å². The molecule has 1 aliphatic heterocycles. The molecular formula is C27H26N2O3S. The van der Waals surface area contributed by atoms with Gasteiger partial charge in [0.15, 0.2) is 0 Å². The first-order chi connectivity index (χ1) is 16.2. The summed E-state index contributed by atoms with van der Waals surface area (Å²) in [5.74, 6) is 2.24. The van der Waals surface area contributed by atoms with E-state index in [4.69, 9.17) is 9.47 Å². The van der Waals surface area contributed by atoms with Crippen molar-refractivity contribution < 1.29 is 14.6 Å². The van der Waals surface area contributed by atoms with Gasteiger partial charge >= 0.3 is 0 Å². The van der Waals surface area contributed by atoms with E-state index in [0.29, 0.717) is 11.9 Å². The summed E-state index contributed by atoms with van der Waals surface area (Å²) in [4.78, 5) is 8.20. The summed E-state index contributed by atoms with van der Waals surface area (Å²) < 4.78 is 12.4. The first-order valence-corrected chi connectivity index (χ1v) is 12.0. The molecule has 0 radical (unpaired) electrons. The van der Waals surface area contributed by atoms with Crippen molar-refractivity contribution in [3.63, 3.8) is 0 Å². The van der Waals surface area contributed by atoms with Gasteiger partial charge in [0.25, 0.3) is 0 Å². The number of nitrogens with zero attached hydrogens (tertiary/aromatic N) is 1. The molecule has 2 N–H and O–H groups in total. The maximum atomic E-state index is 9.25. The molecule has 5 rings (SSSR count). The van der Waals surface area contributed by atoms with Crippen LogP contribution in [-0.4, -0.2) is 33.5 Å². The molecule has 4 aromatic rings. The summed E-state index contributed by atoms with van der Waals surface area (Å²) in [7, 11) is 0. The van der Waals surface area contributed by atoms with Crippen molar-refractivity contribution in [2.75, 3.05) is 13.2 Å². The Balaban J connectivity index is 1.47. The smallest absolute Gasteiger partial charge is 0.147 e. The number of fused-ring (bicyclic) bond motifs is 1. The normalized spacial score (nSPS) is 15.6. The van der Waals surface area contributed by atoms with E-state index in [1.165, 1.54) is 5.56 Å². The predicted octanol–water partition coefficient (Wildman–Crippen LogP) is 6.09. The van der Waals surface area contributed by atoms with Crippen molar-refractivity contribution in [2.45, 2.75) is 25.2 Å². The quantitative estimate of drug-likeness (QED) is 0.335. The van der Waals surface area contributed by atoms with E-state index in [2.05, 4.69) is 35.1 Å². The van der Waals surface area contributed by atoms with Crippen LogP contribution in [0.25, 0.3) is 10.9 Å². The highest BCUT2D eigenvalue weighted by Crippen LogP contribution is 2.36. The maximum absolute atomic E-state index is 9.25. The average Bonchev–Trinajstić information content (AvgIpc) is 3.47. The fraction of sp³-hybridized carbons (Fsp3) is 0.222. The molecule has 3 aromatic carbocycles. The van der Waals surface area contributed by atoms with Gasteiger partial charge in [-0.05, 0) is 43.2 Å². The fourth-order valence-corrected chi connectivity index (χ4v) is 4.88. The van der Waals surface area contributed by atoms with Gasteiger partial charge in [-0.15, -0.1) is 0 Å². The van der Waals surface area contributed by atoms with E-state index >= 15 is 0 Å². The van der Waals surface area contributed by atoms with E-state index in [1.54, 1.807) is 11.8 Å². The lowest BCUT2D eigenvalue weighted by atomic mass is 10.2. The minimum absolute atomic E-state index is 0.185. The zero-order valence-electron chi connectivity index (χ0n) is 18.5. The Labute approximate surface area is 197 Å². The Morgan fingerprint density at radius 3 is 2.64 bits per heavy atom. The third-order valence-corrected chi connectivity index (χ3v) is 6.85. The SMILES string of the molecule is Cc1ccc(Oc2cc(OCc3ccccc3)c3[nH]c(C4=NCC(CCO)S4)cc3c2)cc1. The Morgan fingerprint density at radius 1 is 1.03 bits per heavy atom. The van der Waals surface area contributed by atoms with Crippen molar-refractivity contribution >= 4 is 27.7 Å². The number of hydrogen-bond acceptors (Lipinski definition) is 5. The van der Waals surface area contributed by atoms with Crippen LogP contribution in [0.4, 0.5) is 0 Å². The Bertz CT molecular complexity index is 1270. The van der Waals surface area contributed by atoms with Crippen LogP contribution in [0.15, 0.2) is 77.8 Å². The average molecular weight is 459 g/mol. The summed E-state index contributed by atoms with van der Waals surface area (Å²) in [5.41, 5.74) is 4.18. The highest BCUT2D eigenvalue weighted by molar-refractivity contribution is 8.15. The third-order valence-electron chi connectivity index (χ3n) is 5.56. The van der Waals surface area contributed by atoms with Crippen molar-refractivity contribution in [1.82, 2.24) is 4.98 Å². The van der Waals surface area contributed by atoms with Crippen molar-refractivity contribution in [2.24, 2.45) is 4.99 Å². The van der Waals surface area contributed by atoms with Crippen LogP contribution in [0, 0.1) is 6.92 Å². The lowest BCUT2D eigenvalue weighted by Crippen LogP contribution is -2.05. The third kappa shape index (κ3) is 5.07. The Kier molecular flexibility index (Phi) is 6.37. The van der Waals surface area contributed by atoms with Gasteiger partial charge in [0.1, 0.15) is 28.9 Å². The van der Waals surface area contributed by atoms with Gasteiger partial charge in [-0.2, -0.15) is 0 Å². The molecule has 1 unspecified atom stereocenters. The second-order valence-electron chi connectivity index (χ2n) is 8.16. The van der Waals surface area contributed by atoms with E-state index in [0.717, 1.165) is 57.4 Å². The first-order valence-electron chi connectivity index (χ1n) is 11.1. The van der Waals surface area contributed by atoms with Gasteiger partial charge in [0, 0.05) is 23.3 Å². The molecule has 0 amide bonds. The molecule has 0 aliphatic carbocycles. The molecule has 168 valence electrons. The number of nitrogens with one attached hydrogen (secondary N) is 1. The monoisotopic (exact) mass is 458 g/mol. The van der Waals surface area contributed by atoms with Crippen LogP contribution in [-0.2, 0) is 6.61 Å². The van der Waals surface area contributed by atoms with E-state index in [-0.39, 0.29) is 6.61 Å². The lowest BCUT2D eigenvalue weighted by Gasteiger charge is -2.11. The molecule has 5 nitrogen and oxygen atoms in total. The Morgan fingerprint density at radius 2 is 1.85 bits per heavy atom. The van der Waals surface area contributed by atoms with Gasteiger partial charge in [-0.25, -0.2) is 0 Å². The molecule has 0 saturated heterocycles. The van der Waals surface area contributed by atoms with Gasteiger partial charge in [-0.1, -0.05) is 59.8 Å². The fourth-order valence-electron chi connectivity index (χ4n) is 3.81. The van der Waals surface area contributed by atoms with Crippen LogP contribution >= 0.6 is 11.8 Å². The number of H-pyrrole nitrogens is 1. The number of hydrogen-bond donors (Lipinski definition) is 2. The van der Waals surface area contributed by atoms with Crippen molar-refractivity contribution in [3.05, 3.63) is 89.6 Å². The summed E-state index contributed by atoms with van der Waals surface area (Å²) in [6.45, 7) is 3.44. The molecule has 6 heteroatoms. The number of rotatable bonds is 8. The van der Waals surface area contributed by atoms with Crippen LogP contribution in [0.3, 0.4) is 0 Å². The number of aromatic nitrogens is 1. The van der Waals surface area contributed by atoms with Crippen molar-refractivity contribution in [3.8, 4) is 17.2 Å². The van der Waals surface area contributed by atoms with Crippen LogP contribution in [0.1, 0.15) is 23.2 Å². The number of ether oxygens (including phenoxy) is 2. The summed E-state index contributed by atoms with van der Waals surface area (Å²) >= 11 is 1.71. The zero-order chi connectivity index (χ0) is 22.6. The molecule has 33 heavy (non-hydrogen) atoms. The van der Waals surface area contributed by atoms with Gasteiger partial charge < -0.3 is 19.6 Å². The van der Waals surface area contributed by atoms with Crippen molar-refractivity contribution in [1.29, 1.82) is 0 Å². The zero-order valence-corrected chi connectivity index (χ0v) is 19.3. The molecule has 0 spiro atoms. The van der Waals surface area contributed by atoms with Gasteiger partial charge in [0.05, 0.1) is 17.8 Å². The molecule has 2 heterocycles. The highest BCUT2D eigenvalue weighted by Gasteiger charge is 2.22.